The molecule has 0 amide bonds. The molecule has 0 aliphatic carbocycles. The normalized spacial score (nSPS) is 11.3. The molecule has 9 rings (SSSR count). The Morgan fingerprint density at radius 1 is 0.375 bits per heavy atom. The first-order valence-corrected chi connectivity index (χ1v) is 16.5. The van der Waals surface area contributed by atoms with E-state index in [1.54, 1.807) is 0 Å². The zero-order valence-corrected chi connectivity index (χ0v) is 26.4. The molecule has 0 aliphatic heterocycles. The van der Waals surface area contributed by atoms with Gasteiger partial charge in [0.15, 0.2) is 0 Å². The first-order valence-electron chi connectivity index (χ1n) is 16.5. The zero-order chi connectivity index (χ0) is 31.9. The highest BCUT2D eigenvalue weighted by Gasteiger charge is 2.23. The lowest BCUT2D eigenvalue weighted by Crippen LogP contribution is -2.12. The van der Waals surface area contributed by atoms with E-state index in [4.69, 9.17) is 0 Å². The summed E-state index contributed by atoms with van der Waals surface area (Å²) in [7, 11) is 0. The fourth-order valence-corrected chi connectivity index (χ4v) is 7.27. The zero-order valence-electron chi connectivity index (χ0n) is 26.4. The maximum absolute atomic E-state index is 2.46. The predicted molar refractivity (Wildman–Crippen MR) is 204 cm³/mol. The topological polar surface area (TPSA) is 8.17 Å². The maximum Gasteiger partial charge on any atom is 0.0562 e. The van der Waals surface area contributed by atoms with Gasteiger partial charge in [-0.2, -0.15) is 0 Å². The minimum atomic E-state index is 1.10. The first-order chi connectivity index (χ1) is 23.8. The lowest BCUT2D eigenvalue weighted by Gasteiger charge is -2.29. The van der Waals surface area contributed by atoms with Gasteiger partial charge in [0, 0.05) is 27.7 Å². The third-order valence-electron chi connectivity index (χ3n) is 9.37. The molecule has 0 spiro atoms. The summed E-state index contributed by atoms with van der Waals surface area (Å²) in [5.74, 6) is 0. The Hall–Kier alpha value is -6.38. The number of nitrogens with zero attached hydrogens (tertiary/aromatic N) is 2. The molecule has 0 bridgehead atoms. The van der Waals surface area contributed by atoms with E-state index in [0.717, 1.165) is 22.7 Å². The van der Waals surface area contributed by atoms with Gasteiger partial charge in [-0.1, -0.05) is 146 Å². The summed E-state index contributed by atoms with van der Waals surface area (Å²) >= 11 is 0. The minimum absolute atomic E-state index is 1.10. The second-order valence-electron chi connectivity index (χ2n) is 12.2. The molecule has 0 saturated heterocycles. The van der Waals surface area contributed by atoms with Crippen molar-refractivity contribution >= 4 is 49.6 Å². The summed E-state index contributed by atoms with van der Waals surface area (Å²) in [5.41, 5.74) is 11.6. The van der Waals surface area contributed by atoms with Crippen LogP contribution in [0.25, 0.3) is 60.5 Å². The van der Waals surface area contributed by atoms with Crippen molar-refractivity contribution in [2.75, 3.05) is 4.90 Å². The Balaban J connectivity index is 1.35. The molecule has 0 fully saturated rings. The van der Waals surface area contributed by atoms with Crippen LogP contribution >= 0.6 is 0 Å². The highest BCUT2D eigenvalue weighted by atomic mass is 15.2. The molecule has 48 heavy (non-hydrogen) atoms. The van der Waals surface area contributed by atoms with Gasteiger partial charge in [-0.25, -0.2) is 0 Å². The third kappa shape index (κ3) is 4.66. The van der Waals surface area contributed by atoms with Crippen LogP contribution in [0.5, 0.6) is 0 Å². The summed E-state index contributed by atoms with van der Waals surface area (Å²) in [4.78, 5) is 2.46. The van der Waals surface area contributed by atoms with Crippen LogP contribution in [0, 0.1) is 0 Å². The van der Waals surface area contributed by atoms with Crippen molar-refractivity contribution < 1.29 is 0 Å². The molecular weight excluding hydrogens is 581 g/mol. The molecule has 9 aromatic rings. The standard InChI is InChI=1S/C46H32N2/c1-3-16-34(17-4-1)40-25-9-11-28-42(40)48(37-23-13-20-35(32-37)39-27-14-19-33-18-7-8-24-38(33)39)45-31-15-30-44-46(45)41-26-10-12-29-43(41)47(44)36-21-5-2-6-22-36/h1-32H. The molecule has 0 N–H and O–H groups in total. The highest BCUT2D eigenvalue weighted by molar-refractivity contribution is 6.17. The Labute approximate surface area is 280 Å². The number of rotatable bonds is 6. The van der Waals surface area contributed by atoms with Crippen molar-refractivity contribution in [1.29, 1.82) is 0 Å². The van der Waals surface area contributed by atoms with E-state index in [1.165, 1.54) is 54.8 Å². The van der Waals surface area contributed by atoms with Gasteiger partial charge in [-0.15, -0.1) is 0 Å². The van der Waals surface area contributed by atoms with Crippen LogP contribution in [-0.4, -0.2) is 4.57 Å². The van der Waals surface area contributed by atoms with Gasteiger partial charge in [0.1, 0.15) is 0 Å². The highest BCUT2D eigenvalue weighted by Crippen LogP contribution is 2.47. The van der Waals surface area contributed by atoms with Crippen molar-refractivity contribution in [2.45, 2.75) is 0 Å². The average molecular weight is 613 g/mol. The van der Waals surface area contributed by atoms with Crippen LogP contribution in [0.2, 0.25) is 0 Å². The number of hydrogen-bond donors (Lipinski definition) is 0. The number of aromatic nitrogens is 1. The molecule has 226 valence electrons. The largest absolute Gasteiger partial charge is 0.309 e. The molecule has 0 unspecified atom stereocenters. The van der Waals surface area contributed by atoms with Gasteiger partial charge in [0.05, 0.1) is 22.4 Å². The second kappa shape index (κ2) is 11.8. The van der Waals surface area contributed by atoms with Crippen LogP contribution in [-0.2, 0) is 0 Å². The Morgan fingerprint density at radius 2 is 0.958 bits per heavy atom. The fourth-order valence-electron chi connectivity index (χ4n) is 7.27. The third-order valence-corrected chi connectivity index (χ3v) is 9.37. The van der Waals surface area contributed by atoms with Gasteiger partial charge in [0.25, 0.3) is 0 Å². The number of anilines is 3. The maximum atomic E-state index is 2.46. The second-order valence-corrected chi connectivity index (χ2v) is 12.2. The van der Waals surface area contributed by atoms with Gasteiger partial charge < -0.3 is 9.47 Å². The SMILES string of the molecule is c1ccc(-c2ccccc2N(c2cccc(-c3cccc4ccccc34)c2)c2cccc3c2c2ccccc2n3-c2ccccc2)cc1. The van der Waals surface area contributed by atoms with Crippen LogP contribution in [0.1, 0.15) is 0 Å². The van der Waals surface area contributed by atoms with Crippen molar-refractivity contribution in [1.82, 2.24) is 4.57 Å². The van der Waals surface area contributed by atoms with Crippen molar-refractivity contribution in [3.63, 3.8) is 0 Å². The number of benzene rings is 8. The molecular formula is C46H32N2. The van der Waals surface area contributed by atoms with E-state index < -0.39 is 0 Å². The Morgan fingerprint density at radius 3 is 1.83 bits per heavy atom. The van der Waals surface area contributed by atoms with Crippen molar-refractivity contribution in [2.24, 2.45) is 0 Å². The van der Waals surface area contributed by atoms with E-state index in [9.17, 15) is 0 Å². The smallest absolute Gasteiger partial charge is 0.0562 e. The van der Waals surface area contributed by atoms with E-state index in [1.807, 2.05) is 0 Å². The summed E-state index contributed by atoms with van der Waals surface area (Å²) in [5, 5.41) is 4.93. The molecule has 0 aliphatic rings. The van der Waals surface area contributed by atoms with Gasteiger partial charge in [-0.05, 0) is 76.0 Å². The molecule has 2 heteroatoms. The first kappa shape index (κ1) is 27.9. The van der Waals surface area contributed by atoms with Crippen LogP contribution in [0.3, 0.4) is 0 Å². The van der Waals surface area contributed by atoms with Crippen molar-refractivity contribution in [3.05, 3.63) is 194 Å². The van der Waals surface area contributed by atoms with E-state index in [2.05, 4.69) is 204 Å². The lowest BCUT2D eigenvalue weighted by molar-refractivity contribution is 1.18. The number of fused-ring (bicyclic) bond motifs is 4. The van der Waals surface area contributed by atoms with E-state index in [0.29, 0.717) is 0 Å². The average Bonchev–Trinajstić information content (AvgIpc) is 3.51. The minimum Gasteiger partial charge on any atom is -0.309 e. The summed E-state index contributed by atoms with van der Waals surface area (Å²) in [6.07, 6.45) is 0. The van der Waals surface area contributed by atoms with Crippen molar-refractivity contribution in [3.8, 4) is 27.9 Å². The summed E-state index contributed by atoms with van der Waals surface area (Å²) < 4.78 is 2.39. The van der Waals surface area contributed by atoms with Crippen LogP contribution in [0.15, 0.2) is 194 Å². The molecule has 0 saturated carbocycles. The molecule has 1 heterocycles. The number of para-hydroxylation sites is 3. The Bertz CT molecular complexity index is 2560. The Kier molecular flexibility index (Phi) is 6.84. The van der Waals surface area contributed by atoms with E-state index >= 15 is 0 Å². The fraction of sp³-hybridized carbons (Fsp3) is 0. The molecule has 1 aromatic heterocycles. The quantitative estimate of drug-likeness (QED) is 0.181. The number of hydrogen-bond acceptors (Lipinski definition) is 1. The van der Waals surface area contributed by atoms with E-state index in [-0.39, 0.29) is 0 Å². The summed E-state index contributed by atoms with van der Waals surface area (Å²) in [6.45, 7) is 0. The summed E-state index contributed by atoms with van der Waals surface area (Å²) in [6, 6.07) is 69.9. The monoisotopic (exact) mass is 612 g/mol. The van der Waals surface area contributed by atoms with Gasteiger partial charge in [-0.3, -0.25) is 0 Å². The van der Waals surface area contributed by atoms with Crippen LogP contribution in [0.4, 0.5) is 17.1 Å². The molecule has 0 atom stereocenters. The molecule has 8 aromatic carbocycles. The van der Waals surface area contributed by atoms with Gasteiger partial charge in [0.2, 0.25) is 0 Å². The lowest BCUT2D eigenvalue weighted by atomic mass is 9.97. The molecule has 2 nitrogen and oxygen atoms in total. The predicted octanol–water partition coefficient (Wildman–Crippen LogP) is 12.7. The van der Waals surface area contributed by atoms with Crippen LogP contribution < -0.4 is 4.90 Å². The van der Waals surface area contributed by atoms with Gasteiger partial charge >= 0.3 is 0 Å². The molecule has 0 radical (unpaired) electrons.